The molecule has 0 spiro atoms. The molecule has 2 heteroatoms. The fourth-order valence-corrected chi connectivity index (χ4v) is 4.20. The Labute approximate surface area is 99.9 Å². The second-order valence-corrected chi connectivity index (χ2v) is 6.15. The topological polar surface area (TPSA) is 20.2 Å². The highest BCUT2D eigenvalue weighted by atomic mass is 32.2. The van der Waals surface area contributed by atoms with Crippen molar-refractivity contribution in [3.63, 3.8) is 0 Å². The standard InChI is InChI=1S/C14H16OS/c1-2-13-9-6-10-16(13)11-14(15)12-7-4-3-5-8-12/h2-5,7-8,11,13H,1,6,9-10H2/p+1/b14-11-. The smallest absolute Gasteiger partial charge is 0.170 e. The molecule has 1 nitrogen and oxygen atoms in total. The predicted molar refractivity (Wildman–Crippen MR) is 72.5 cm³/mol. The summed E-state index contributed by atoms with van der Waals surface area (Å²) in [5, 5.41) is 12.6. The molecular formula is C14H17OS+. The quantitative estimate of drug-likeness (QED) is 0.481. The van der Waals surface area contributed by atoms with Gasteiger partial charge in [-0.3, -0.25) is 0 Å². The van der Waals surface area contributed by atoms with E-state index in [-0.39, 0.29) is 10.9 Å². The van der Waals surface area contributed by atoms with Gasteiger partial charge in [-0.1, -0.05) is 36.9 Å². The van der Waals surface area contributed by atoms with E-state index in [2.05, 4.69) is 6.58 Å². The molecule has 1 aliphatic rings. The van der Waals surface area contributed by atoms with E-state index >= 15 is 0 Å². The van der Waals surface area contributed by atoms with Gasteiger partial charge < -0.3 is 5.11 Å². The van der Waals surface area contributed by atoms with E-state index in [1.807, 2.05) is 41.8 Å². The van der Waals surface area contributed by atoms with Gasteiger partial charge >= 0.3 is 0 Å². The van der Waals surface area contributed by atoms with E-state index in [9.17, 15) is 5.11 Å². The van der Waals surface area contributed by atoms with Crippen molar-refractivity contribution in [2.75, 3.05) is 5.75 Å². The van der Waals surface area contributed by atoms with Gasteiger partial charge in [0, 0.05) is 22.9 Å². The van der Waals surface area contributed by atoms with Gasteiger partial charge in [-0.2, -0.15) is 0 Å². The first-order valence-electron chi connectivity index (χ1n) is 5.58. The van der Waals surface area contributed by atoms with Crippen LogP contribution in [0.15, 0.2) is 48.4 Å². The van der Waals surface area contributed by atoms with Gasteiger partial charge in [-0.25, -0.2) is 0 Å². The third-order valence-corrected chi connectivity index (χ3v) is 5.34. The summed E-state index contributed by atoms with van der Waals surface area (Å²) in [5.74, 6) is 1.60. The number of hydrogen-bond donors (Lipinski definition) is 1. The minimum Gasteiger partial charge on any atom is -0.503 e. The number of aliphatic hydroxyl groups excluding tert-OH is 1. The molecule has 1 aliphatic heterocycles. The first-order valence-corrected chi connectivity index (χ1v) is 7.10. The summed E-state index contributed by atoms with van der Waals surface area (Å²) < 4.78 is 0. The van der Waals surface area contributed by atoms with Gasteiger partial charge in [0.25, 0.3) is 0 Å². The molecule has 0 aliphatic carbocycles. The minimum absolute atomic E-state index is 0.174. The molecule has 2 unspecified atom stereocenters. The molecule has 0 aromatic heterocycles. The Bertz CT molecular complexity index is 383. The van der Waals surface area contributed by atoms with E-state index in [0.717, 1.165) is 5.56 Å². The Morgan fingerprint density at radius 2 is 2.12 bits per heavy atom. The fraction of sp³-hybridized carbons (Fsp3) is 0.286. The lowest BCUT2D eigenvalue weighted by Crippen LogP contribution is -2.11. The van der Waals surface area contributed by atoms with Crippen LogP contribution in [0.4, 0.5) is 0 Å². The molecular weight excluding hydrogens is 216 g/mol. The van der Waals surface area contributed by atoms with Crippen LogP contribution in [0.5, 0.6) is 0 Å². The summed E-state index contributed by atoms with van der Waals surface area (Å²) in [4.78, 5) is 0. The molecule has 1 saturated heterocycles. The zero-order valence-corrected chi connectivity index (χ0v) is 10.1. The molecule has 84 valence electrons. The Kier molecular flexibility index (Phi) is 3.73. The molecule has 1 aromatic rings. The summed E-state index contributed by atoms with van der Waals surface area (Å²) in [6, 6.07) is 9.73. The Hall–Kier alpha value is -1.15. The molecule has 2 rings (SSSR count). The zero-order chi connectivity index (χ0) is 11.4. The summed E-state index contributed by atoms with van der Waals surface area (Å²) in [6.45, 7) is 3.87. The molecule has 16 heavy (non-hydrogen) atoms. The van der Waals surface area contributed by atoms with Crippen molar-refractivity contribution in [3.8, 4) is 0 Å². The van der Waals surface area contributed by atoms with Crippen molar-refractivity contribution in [3.05, 3.63) is 54.0 Å². The molecule has 2 atom stereocenters. The van der Waals surface area contributed by atoms with E-state index in [0.29, 0.717) is 11.0 Å². The van der Waals surface area contributed by atoms with Crippen molar-refractivity contribution < 1.29 is 5.11 Å². The van der Waals surface area contributed by atoms with Crippen molar-refractivity contribution in [1.82, 2.24) is 0 Å². The minimum atomic E-state index is 0.174. The monoisotopic (exact) mass is 233 g/mol. The van der Waals surface area contributed by atoms with E-state index in [1.165, 1.54) is 18.6 Å². The SMILES string of the molecule is C=CC1CCC[S+]1/C=C(\O)c1ccccc1. The van der Waals surface area contributed by atoms with Crippen LogP contribution in [0, 0.1) is 0 Å². The highest BCUT2D eigenvalue weighted by molar-refractivity contribution is 8.00. The lowest BCUT2D eigenvalue weighted by Gasteiger charge is -2.03. The molecule has 0 bridgehead atoms. The molecule has 1 aromatic carbocycles. The Morgan fingerprint density at radius 3 is 2.81 bits per heavy atom. The van der Waals surface area contributed by atoms with Crippen molar-refractivity contribution in [1.29, 1.82) is 0 Å². The molecule has 0 radical (unpaired) electrons. The number of aliphatic hydroxyl groups is 1. The highest BCUT2D eigenvalue weighted by Gasteiger charge is 2.33. The second kappa shape index (κ2) is 5.26. The summed E-state index contributed by atoms with van der Waals surface area (Å²) in [5.41, 5.74) is 0.907. The average molecular weight is 233 g/mol. The lowest BCUT2D eigenvalue weighted by atomic mass is 10.2. The summed E-state index contributed by atoms with van der Waals surface area (Å²) in [6.07, 6.45) is 4.49. The van der Waals surface area contributed by atoms with Gasteiger partial charge in [0.15, 0.2) is 11.2 Å². The predicted octanol–water partition coefficient (Wildman–Crippen LogP) is 3.51. The van der Waals surface area contributed by atoms with Crippen molar-refractivity contribution in [2.45, 2.75) is 18.1 Å². The maximum atomic E-state index is 10.0. The molecule has 1 fully saturated rings. The van der Waals surface area contributed by atoms with Crippen LogP contribution in [0.2, 0.25) is 0 Å². The number of rotatable bonds is 3. The van der Waals surface area contributed by atoms with Crippen LogP contribution < -0.4 is 0 Å². The van der Waals surface area contributed by atoms with Crippen LogP contribution in [0.1, 0.15) is 18.4 Å². The van der Waals surface area contributed by atoms with Gasteiger partial charge in [0.2, 0.25) is 0 Å². The van der Waals surface area contributed by atoms with Crippen LogP contribution in [0.3, 0.4) is 0 Å². The van der Waals surface area contributed by atoms with Gasteiger partial charge in [-0.15, -0.1) is 0 Å². The van der Waals surface area contributed by atoms with Gasteiger partial charge in [0.1, 0.15) is 11.0 Å². The summed E-state index contributed by atoms with van der Waals surface area (Å²) in [7, 11) is 0.174. The largest absolute Gasteiger partial charge is 0.503 e. The second-order valence-electron chi connectivity index (χ2n) is 3.96. The maximum absolute atomic E-state index is 10.0. The third-order valence-electron chi connectivity index (χ3n) is 2.85. The highest BCUT2D eigenvalue weighted by Crippen LogP contribution is 2.26. The van der Waals surface area contributed by atoms with Crippen LogP contribution in [-0.2, 0) is 10.9 Å². The van der Waals surface area contributed by atoms with Crippen LogP contribution in [-0.4, -0.2) is 16.1 Å². The summed E-state index contributed by atoms with van der Waals surface area (Å²) >= 11 is 0. The third kappa shape index (κ3) is 2.50. The molecule has 1 heterocycles. The Balaban J connectivity index is 2.15. The molecule has 1 N–H and O–H groups in total. The first kappa shape index (κ1) is 11.3. The van der Waals surface area contributed by atoms with E-state index in [1.54, 1.807) is 0 Å². The van der Waals surface area contributed by atoms with E-state index in [4.69, 9.17) is 0 Å². The number of hydrogen-bond acceptors (Lipinski definition) is 1. The van der Waals surface area contributed by atoms with Crippen molar-refractivity contribution in [2.24, 2.45) is 0 Å². The van der Waals surface area contributed by atoms with Gasteiger partial charge in [0.05, 0.1) is 0 Å². The fourth-order valence-electron chi connectivity index (χ4n) is 1.96. The molecule has 0 saturated carbocycles. The zero-order valence-electron chi connectivity index (χ0n) is 9.30. The average Bonchev–Trinajstić information content (AvgIpc) is 2.77. The number of benzene rings is 1. The normalized spacial score (nSPS) is 25.6. The van der Waals surface area contributed by atoms with Crippen LogP contribution >= 0.6 is 0 Å². The lowest BCUT2D eigenvalue weighted by molar-refractivity contribution is 0.513. The first-order chi connectivity index (χ1) is 7.81. The van der Waals surface area contributed by atoms with E-state index < -0.39 is 0 Å². The van der Waals surface area contributed by atoms with Crippen molar-refractivity contribution >= 4 is 16.7 Å². The molecule has 0 amide bonds. The van der Waals surface area contributed by atoms with Crippen LogP contribution in [0.25, 0.3) is 5.76 Å². The Morgan fingerprint density at radius 1 is 1.38 bits per heavy atom. The maximum Gasteiger partial charge on any atom is 0.170 e. The van der Waals surface area contributed by atoms with Gasteiger partial charge in [-0.05, 0) is 12.5 Å².